The molecule has 2 heterocycles. The second-order valence-corrected chi connectivity index (χ2v) is 5.08. The van der Waals surface area contributed by atoms with E-state index in [1.807, 2.05) is 42.5 Å². The van der Waals surface area contributed by atoms with Crippen molar-refractivity contribution in [3.05, 3.63) is 48.3 Å². The van der Waals surface area contributed by atoms with Crippen LogP contribution in [0.2, 0.25) is 0 Å². The summed E-state index contributed by atoms with van der Waals surface area (Å²) in [6, 6.07) is 13.9. The van der Waals surface area contributed by atoms with Gasteiger partial charge in [-0.25, -0.2) is 4.98 Å². The fraction of sp³-hybridized carbons (Fsp3) is 0.188. The maximum absolute atomic E-state index is 6.06. The number of alkyl halides is 1. The second-order valence-electron chi connectivity index (χ2n) is 4.81. The van der Waals surface area contributed by atoms with E-state index in [4.69, 9.17) is 21.1 Å². The van der Waals surface area contributed by atoms with Crippen molar-refractivity contribution in [2.45, 2.75) is 5.88 Å². The molecular weight excluding hydrogens is 288 g/mol. The molecule has 2 aromatic carbocycles. The zero-order valence-corrected chi connectivity index (χ0v) is 12.0. The predicted molar refractivity (Wildman–Crippen MR) is 81.6 cm³/mol. The molecule has 21 heavy (non-hydrogen) atoms. The summed E-state index contributed by atoms with van der Waals surface area (Å²) in [5.74, 6) is 2.71. The first-order valence-electron chi connectivity index (χ1n) is 6.79. The van der Waals surface area contributed by atoms with Gasteiger partial charge in [-0.1, -0.05) is 12.1 Å². The Bertz CT molecular complexity index is 813. The number of hydrogen-bond donors (Lipinski definition) is 0. The summed E-state index contributed by atoms with van der Waals surface area (Å²) in [7, 11) is 0. The van der Waals surface area contributed by atoms with Crippen LogP contribution in [0, 0.1) is 0 Å². The molecule has 0 fully saturated rings. The Balaban J connectivity index is 1.93. The van der Waals surface area contributed by atoms with Crippen LogP contribution in [0.15, 0.2) is 42.5 Å². The van der Waals surface area contributed by atoms with Crippen LogP contribution in [0.4, 0.5) is 0 Å². The van der Waals surface area contributed by atoms with Crippen LogP contribution in [0.3, 0.4) is 0 Å². The summed E-state index contributed by atoms with van der Waals surface area (Å²) in [6.07, 6.45) is 0. The minimum Gasteiger partial charge on any atom is -0.486 e. The fourth-order valence-electron chi connectivity index (χ4n) is 2.62. The predicted octanol–water partition coefficient (Wildman–Crippen LogP) is 3.54. The van der Waals surface area contributed by atoms with Crippen molar-refractivity contribution in [1.29, 1.82) is 0 Å². The molecule has 0 N–H and O–H groups in total. The normalized spacial score (nSPS) is 13.6. The highest BCUT2D eigenvalue weighted by atomic mass is 35.5. The minimum absolute atomic E-state index is 0.350. The zero-order chi connectivity index (χ0) is 14.2. The molecule has 0 saturated heterocycles. The Hall–Kier alpha value is -2.20. The van der Waals surface area contributed by atoms with Crippen molar-refractivity contribution in [2.24, 2.45) is 0 Å². The smallest absolute Gasteiger partial charge is 0.163 e. The summed E-state index contributed by atoms with van der Waals surface area (Å²) in [5.41, 5.74) is 2.94. The lowest BCUT2D eigenvalue weighted by atomic mass is 10.2. The van der Waals surface area contributed by atoms with Gasteiger partial charge in [0.15, 0.2) is 11.5 Å². The van der Waals surface area contributed by atoms with Gasteiger partial charge in [0.05, 0.1) is 22.6 Å². The Morgan fingerprint density at radius 2 is 1.86 bits per heavy atom. The minimum atomic E-state index is 0.350. The lowest BCUT2D eigenvalue weighted by Crippen LogP contribution is -2.15. The Morgan fingerprint density at radius 1 is 1.05 bits per heavy atom. The molecule has 0 unspecified atom stereocenters. The van der Waals surface area contributed by atoms with Gasteiger partial charge in [-0.15, -0.1) is 11.6 Å². The van der Waals surface area contributed by atoms with E-state index in [2.05, 4.69) is 9.55 Å². The second kappa shape index (κ2) is 4.97. The van der Waals surface area contributed by atoms with E-state index in [9.17, 15) is 0 Å². The van der Waals surface area contributed by atoms with Crippen LogP contribution in [0.1, 0.15) is 5.82 Å². The van der Waals surface area contributed by atoms with Gasteiger partial charge in [-0.3, -0.25) is 4.57 Å². The quantitative estimate of drug-likeness (QED) is 0.679. The van der Waals surface area contributed by atoms with Crippen molar-refractivity contribution < 1.29 is 9.47 Å². The zero-order valence-electron chi connectivity index (χ0n) is 11.3. The number of para-hydroxylation sites is 2. The number of aromatic nitrogens is 2. The number of rotatable bonds is 2. The largest absolute Gasteiger partial charge is 0.486 e. The van der Waals surface area contributed by atoms with Crippen LogP contribution in [-0.2, 0) is 5.88 Å². The molecule has 1 aromatic heterocycles. The molecule has 106 valence electrons. The number of hydrogen-bond acceptors (Lipinski definition) is 3. The summed E-state index contributed by atoms with van der Waals surface area (Å²) >= 11 is 6.06. The number of benzene rings is 2. The van der Waals surface area contributed by atoms with Crippen LogP contribution >= 0.6 is 11.6 Å². The van der Waals surface area contributed by atoms with E-state index in [1.165, 1.54) is 0 Å². The molecule has 1 aliphatic heterocycles. The molecule has 3 aromatic rings. The van der Waals surface area contributed by atoms with E-state index in [1.54, 1.807) is 0 Å². The van der Waals surface area contributed by atoms with Gasteiger partial charge in [0, 0.05) is 6.07 Å². The highest BCUT2D eigenvalue weighted by molar-refractivity contribution is 6.17. The lowest BCUT2D eigenvalue weighted by molar-refractivity contribution is 0.171. The number of nitrogens with zero attached hydrogens (tertiary/aromatic N) is 2. The lowest BCUT2D eigenvalue weighted by Gasteiger charge is -2.19. The van der Waals surface area contributed by atoms with Crippen molar-refractivity contribution >= 4 is 22.6 Å². The molecule has 0 amide bonds. The highest BCUT2D eigenvalue weighted by Gasteiger charge is 2.16. The summed E-state index contributed by atoms with van der Waals surface area (Å²) in [5, 5.41) is 0. The molecule has 4 rings (SSSR count). The molecule has 0 saturated carbocycles. The first kappa shape index (κ1) is 12.5. The van der Waals surface area contributed by atoms with Gasteiger partial charge >= 0.3 is 0 Å². The molecule has 0 spiro atoms. The van der Waals surface area contributed by atoms with E-state index < -0.39 is 0 Å². The summed E-state index contributed by atoms with van der Waals surface area (Å²) in [6.45, 7) is 1.16. The number of imidazole rings is 1. The number of halogens is 1. The van der Waals surface area contributed by atoms with Crippen molar-refractivity contribution in [3.8, 4) is 17.2 Å². The van der Waals surface area contributed by atoms with Crippen LogP contribution in [0.5, 0.6) is 11.5 Å². The maximum atomic E-state index is 6.06. The van der Waals surface area contributed by atoms with Gasteiger partial charge in [0.2, 0.25) is 0 Å². The Morgan fingerprint density at radius 3 is 2.71 bits per heavy atom. The standard InChI is InChI=1S/C16H13ClN2O2/c17-10-16-18-12-3-1-2-4-13(12)19(16)11-5-6-14-15(9-11)21-8-7-20-14/h1-6,9H,7-8,10H2. The third-order valence-corrected chi connectivity index (χ3v) is 3.77. The van der Waals surface area contributed by atoms with E-state index in [0.717, 1.165) is 34.0 Å². The van der Waals surface area contributed by atoms with Crippen molar-refractivity contribution in [2.75, 3.05) is 13.2 Å². The third kappa shape index (κ3) is 2.03. The van der Waals surface area contributed by atoms with Gasteiger partial charge in [0.25, 0.3) is 0 Å². The van der Waals surface area contributed by atoms with Crippen LogP contribution < -0.4 is 9.47 Å². The molecule has 1 aliphatic rings. The van der Waals surface area contributed by atoms with Gasteiger partial charge in [-0.05, 0) is 24.3 Å². The van der Waals surface area contributed by atoms with Gasteiger partial charge in [0.1, 0.15) is 19.0 Å². The van der Waals surface area contributed by atoms with E-state index in [-0.39, 0.29) is 0 Å². The van der Waals surface area contributed by atoms with Crippen molar-refractivity contribution in [1.82, 2.24) is 9.55 Å². The average Bonchev–Trinajstić information content (AvgIpc) is 2.93. The Labute approximate surface area is 126 Å². The topological polar surface area (TPSA) is 36.3 Å². The van der Waals surface area contributed by atoms with Crippen molar-refractivity contribution in [3.63, 3.8) is 0 Å². The van der Waals surface area contributed by atoms with E-state index >= 15 is 0 Å². The van der Waals surface area contributed by atoms with Crippen LogP contribution in [-0.4, -0.2) is 22.8 Å². The first-order valence-corrected chi connectivity index (χ1v) is 7.32. The molecule has 0 atom stereocenters. The highest BCUT2D eigenvalue weighted by Crippen LogP contribution is 2.33. The fourth-order valence-corrected chi connectivity index (χ4v) is 2.80. The Kier molecular flexibility index (Phi) is 2.97. The molecule has 0 bridgehead atoms. The molecule has 0 radical (unpaired) electrons. The summed E-state index contributed by atoms with van der Waals surface area (Å²) in [4.78, 5) is 4.58. The molecule has 0 aliphatic carbocycles. The average molecular weight is 301 g/mol. The van der Waals surface area contributed by atoms with Crippen LogP contribution in [0.25, 0.3) is 16.7 Å². The van der Waals surface area contributed by atoms with E-state index in [0.29, 0.717) is 19.1 Å². The SMILES string of the molecule is ClCc1nc2ccccc2n1-c1ccc2c(c1)OCCO2. The van der Waals surface area contributed by atoms with Gasteiger partial charge < -0.3 is 9.47 Å². The third-order valence-electron chi connectivity index (χ3n) is 3.53. The number of fused-ring (bicyclic) bond motifs is 2. The first-order chi connectivity index (χ1) is 10.4. The monoisotopic (exact) mass is 300 g/mol. The summed E-state index contributed by atoms with van der Waals surface area (Å²) < 4.78 is 13.3. The maximum Gasteiger partial charge on any atom is 0.163 e. The number of ether oxygens (including phenoxy) is 2. The molecule has 5 heteroatoms. The molecular formula is C16H13ClN2O2. The van der Waals surface area contributed by atoms with Gasteiger partial charge in [-0.2, -0.15) is 0 Å². The molecule has 4 nitrogen and oxygen atoms in total.